The molecule has 0 atom stereocenters. The van der Waals surface area contributed by atoms with Crippen LogP contribution in [0.4, 0.5) is 16.3 Å². The fraction of sp³-hybridized carbons (Fsp3) is 0.188. The molecule has 0 spiro atoms. The molecular weight excluding hydrogens is 516 g/mol. The van der Waals surface area contributed by atoms with Gasteiger partial charge >= 0.3 is 6.03 Å². The van der Waals surface area contributed by atoms with Crippen LogP contribution in [0.25, 0.3) is 16.5 Å². The standard InChI is InChI=1S/C32H32N6O3/c1-20-9-11-22(12-10-20)38-30(19-28(37-38)32(2,3)4)36-31(40)35-26-13-14-27(25-8-6-5-7-24(25)26)41-23-15-16-34-21(17-23)18-29(33)39/h5-17,19H,18H2,1-4H3,(H2,33,39)(H2,35,36,40). The van der Waals surface area contributed by atoms with Crippen LogP contribution in [0.1, 0.15) is 37.7 Å². The van der Waals surface area contributed by atoms with Crippen molar-refractivity contribution in [3.8, 4) is 17.2 Å². The molecule has 0 aliphatic heterocycles. The summed E-state index contributed by atoms with van der Waals surface area (Å²) < 4.78 is 7.89. The van der Waals surface area contributed by atoms with Gasteiger partial charge in [-0.15, -0.1) is 0 Å². The van der Waals surface area contributed by atoms with Crippen molar-refractivity contribution in [3.05, 3.63) is 102 Å². The first kappa shape index (κ1) is 27.4. The zero-order chi connectivity index (χ0) is 29.1. The van der Waals surface area contributed by atoms with Gasteiger partial charge < -0.3 is 15.8 Å². The number of anilines is 2. The molecule has 5 rings (SSSR count). The number of nitrogens with one attached hydrogen (secondary N) is 2. The van der Waals surface area contributed by atoms with Crippen LogP contribution in [-0.4, -0.2) is 26.7 Å². The maximum absolute atomic E-state index is 13.3. The Kier molecular flexibility index (Phi) is 7.43. The second kappa shape index (κ2) is 11.1. The minimum absolute atomic E-state index is 0.0238. The number of nitrogens with two attached hydrogens (primary N) is 1. The second-order valence-electron chi connectivity index (χ2n) is 10.9. The third kappa shape index (κ3) is 6.36. The van der Waals surface area contributed by atoms with Crippen LogP contribution in [-0.2, 0) is 16.6 Å². The summed E-state index contributed by atoms with van der Waals surface area (Å²) >= 11 is 0. The van der Waals surface area contributed by atoms with Crippen LogP contribution in [0.3, 0.4) is 0 Å². The number of aryl methyl sites for hydroxylation is 1. The number of fused-ring (bicyclic) bond motifs is 1. The van der Waals surface area contributed by atoms with Gasteiger partial charge in [-0.1, -0.05) is 62.7 Å². The number of carbonyl (C=O) groups is 2. The van der Waals surface area contributed by atoms with Crippen LogP contribution in [0.2, 0.25) is 0 Å². The zero-order valence-electron chi connectivity index (χ0n) is 23.4. The smallest absolute Gasteiger partial charge is 0.324 e. The van der Waals surface area contributed by atoms with Crippen molar-refractivity contribution in [1.29, 1.82) is 0 Å². The zero-order valence-corrected chi connectivity index (χ0v) is 23.4. The quantitative estimate of drug-likeness (QED) is 0.214. The number of pyridine rings is 1. The Morgan fingerprint density at radius 3 is 2.37 bits per heavy atom. The molecule has 0 aliphatic rings. The third-order valence-electron chi connectivity index (χ3n) is 6.50. The Balaban J connectivity index is 1.41. The molecule has 2 aromatic heterocycles. The first-order valence-electron chi connectivity index (χ1n) is 13.3. The number of hydrogen-bond donors (Lipinski definition) is 3. The van der Waals surface area contributed by atoms with E-state index in [2.05, 4.69) is 36.4 Å². The molecule has 0 radical (unpaired) electrons. The second-order valence-corrected chi connectivity index (χ2v) is 10.9. The molecule has 208 valence electrons. The van der Waals surface area contributed by atoms with Gasteiger partial charge in [0.05, 0.1) is 29.2 Å². The van der Waals surface area contributed by atoms with E-state index < -0.39 is 11.9 Å². The normalized spacial score (nSPS) is 11.3. The largest absolute Gasteiger partial charge is 0.457 e. The Bertz CT molecular complexity index is 1740. The van der Waals surface area contributed by atoms with Crippen LogP contribution in [0.5, 0.6) is 11.5 Å². The summed E-state index contributed by atoms with van der Waals surface area (Å²) in [6, 6.07) is 24.1. The minimum atomic E-state index is -0.467. The van der Waals surface area contributed by atoms with E-state index in [1.165, 1.54) is 0 Å². The molecule has 9 heteroatoms. The molecule has 3 amide bonds. The van der Waals surface area contributed by atoms with Gasteiger partial charge in [0.15, 0.2) is 0 Å². The van der Waals surface area contributed by atoms with Crippen molar-refractivity contribution >= 4 is 34.2 Å². The SMILES string of the molecule is Cc1ccc(-n2nc(C(C)(C)C)cc2NC(=O)Nc2ccc(Oc3ccnc(CC(N)=O)c3)c3ccccc23)cc1. The van der Waals surface area contributed by atoms with Gasteiger partial charge in [-0.2, -0.15) is 5.10 Å². The van der Waals surface area contributed by atoms with Crippen molar-refractivity contribution in [3.63, 3.8) is 0 Å². The lowest BCUT2D eigenvalue weighted by molar-refractivity contribution is -0.117. The summed E-state index contributed by atoms with van der Waals surface area (Å²) in [5.41, 5.74) is 9.09. The molecule has 4 N–H and O–H groups in total. The molecule has 0 aliphatic carbocycles. The molecule has 5 aromatic rings. The maximum atomic E-state index is 13.3. The number of rotatable bonds is 7. The minimum Gasteiger partial charge on any atom is -0.457 e. The van der Waals surface area contributed by atoms with Crippen LogP contribution in [0.15, 0.2) is 85.1 Å². The van der Waals surface area contributed by atoms with Gasteiger partial charge in [0.25, 0.3) is 0 Å². The van der Waals surface area contributed by atoms with Gasteiger partial charge in [0, 0.05) is 34.5 Å². The lowest BCUT2D eigenvalue weighted by atomic mass is 9.92. The fourth-order valence-electron chi connectivity index (χ4n) is 4.38. The van der Waals surface area contributed by atoms with Crippen LogP contribution < -0.4 is 21.1 Å². The Labute approximate surface area is 238 Å². The van der Waals surface area contributed by atoms with Crippen molar-refractivity contribution in [2.45, 2.75) is 39.5 Å². The first-order valence-corrected chi connectivity index (χ1v) is 13.3. The number of hydrogen-bond acceptors (Lipinski definition) is 5. The number of benzene rings is 3. The molecule has 3 aromatic carbocycles. The number of urea groups is 1. The Hall–Kier alpha value is -5.18. The monoisotopic (exact) mass is 548 g/mol. The third-order valence-corrected chi connectivity index (χ3v) is 6.50. The lowest BCUT2D eigenvalue weighted by Crippen LogP contribution is -2.21. The first-order chi connectivity index (χ1) is 19.6. The Morgan fingerprint density at radius 2 is 1.66 bits per heavy atom. The number of aromatic nitrogens is 3. The molecule has 0 unspecified atom stereocenters. The van der Waals surface area contributed by atoms with Gasteiger partial charge in [0.2, 0.25) is 5.91 Å². The summed E-state index contributed by atoms with van der Waals surface area (Å²) in [5.74, 6) is 1.21. The Morgan fingerprint density at radius 1 is 0.927 bits per heavy atom. The topological polar surface area (TPSA) is 124 Å². The number of amides is 3. The number of nitrogens with zero attached hydrogens (tertiary/aromatic N) is 3. The van der Waals surface area contributed by atoms with Gasteiger partial charge in [0.1, 0.15) is 17.3 Å². The molecule has 0 fully saturated rings. The fourth-order valence-corrected chi connectivity index (χ4v) is 4.38. The van der Waals surface area contributed by atoms with E-state index in [0.717, 1.165) is 27.7 Å². The summed E-state index contributed by atoms with van der Waals surface area (Å²) in [7, 11) is 0. The number of carbonyl (C=O) groups excluding carboxylic acids is 2. The summed E-state index contributed by atoms with van der Waals surface area (Å²) in [6.45, 7) is 8.27. The molecule has 2 heterocycles. The van der Waals surface area contributed by atoms with E-state index in [-0.39, 0.29) is 11.8 Å². The van der Waals surface area contributed by atoms with E-state index >= 15 is 0 Å². The van der Waals surface area contributed by atoms with Crippen molar-refractivity contribution in [2.24, 2.45) is 5.73 Å². The predicted molar refractivity (Wildman–Crippen MR) is 161 cm³/mol. The van der Waals surface area contributed by atoms with Crippen LogP contribution >= 0.6 is 0 Å². The van der Waals surface area contributed by atoms with Crippen molar-refractivity contribution in [2.75, 3.05) is 10.6 Å². The van der Waals surface area contributed by atoms with Gasteiger partial charge in [-0.25, -0.2) is 9.48 Å². The number of ether oxygens (including phenoxy) is 1. The summed E-state index contributed by atoms with van der Waals surface area (Å²) in [4.78, 5) is 28.8. The summed E-state index contributed by atoms with van der Waals surface area (Å²) in [5, 5.41) is 12.4. The van der Waals surface area contributed by atoms with E-state index in [9.17, 15) is 9.59 Å². The molecule has 0 saturated heterocycles. The lowest BCUT2D eigenvalue weighted by Gasteiger charge is -2.14. The van der Waals surface area contributed by atoms with E-state index in [4.69, 9.17) is 15.6 Å². The highest BCUT2D eigenvalue weighted by Gasteiger charge is 2.22. The molecule has 0 saturated carbocycles. The van der Waals surface area contributed by atoms with Gasteiger partial charge in [-0.05, 0) is 37.3 Å². The average molecular weight is 549 g/mol. The number of primary amides is 1. The highest BCUT2D eigenvalue weighted by atomic mass is 16.5. The average Bonchev–Trinajstić information content (AvgIpc) is 3.34. The highest BCUT2D eigenvalue weighted by Crippen LogP contribution is 2.35. The molecule has 41 heavy (non-hydrogen) atoms. The van der Waals surface area contributed by atoms with E-state index in [1.807, 2.05) is 61.5 Å². The predicted octanol–water partition coefficient (Wildman–Crippen LogP) is 6.49. The van der Waals surface area contributed by atoms with E-state index in [1.54, 1.807) is 35.1 Å². The molecule has 9 nitrogen and oxygen atoms in total. The molecular formula is C32H32N6O3. The van der Waals surface area contributed by atoms with Gasteiger partial charge in [-0.3, -0.25) is 15.1 Å². The van der Waals surface area contributed by atoms with Crippen LogP contribution in [0, 0.1) is 6.92 Å². The summed E-state index contributed by atoms with van der Waals surface area (Å²) in [6.07, 6.45) is 1.60. The maximum Gasteiger partial charge on any atom is 0.324 e. The highest BCUT2D eigenvalue weighted by molar-refractivity contribution is 6.07. The van der Waals surface area contributed by atoms with Crippen molar-refractivity contribution < 1.29 is 14.3 Å². The van der Waals surface area contributed by atoms with E-state index in [0.29, 0.717) is 28.7 Å². The van der Waals surface area contributed by atoms with Crippen molar-refractivity contribution in [1.82, 2.24) is 14.8 Å². The molecule has 0 bridgehead atoms.